The van der Waals surface area contributed by atoms with Crippen LogP contribution in [0, 0.1) is 0 Å². The summed E-state index contributed by atoms with van der Waals surface area (Å²) in [6, 6.07) is 13.4. The summed E-state index contributed by atoms with van der Waals surface area (Å²) in [5.41, 5.74) is 2.36. The van der Waals surface area contributed by atoms with Gasteiger partial charge >= 0.3 is 5.97 Å². The highest BCUT2D eigenvalue weighted by Gasteiger charge is 2.06. The number of ether oxygens (including phenoxy) is 2. The lowest BCUT2D eigenvalue weighted by Gasteiger charge is -2.05. The molecule has 2 rings (SSSR count). The molecule has 0 radical (unpaired) electrons. The molecule has 0 aliphatic rings. The third-order valence-electron chi connectivity index (χ3n) is 2.70. The lowest BCUT2D eigenvalue weighted by atomic mass is 10.2. The molecule has 4 nitrogen and oxygen atoms in total. The standard InChI is InChI=1S/C16H17NO3/c1-2-20-16(18)14-8-9-15(17-10-14)12-19-11-13-6-4-3-5-7-13/h3-10H,2,11-12H2,1H3. The van der Waals surface area contributed by atoms with Gasteiger partial charge in [-0.1, -0.05) is 30.3 Å². The Morgan fingerprint density at radius 2 is 1.90 bits per heavy atom. The van der Waals surface area contributed by atoms with Gasteiger partial charge in [-0.25, -0.2) is 4.79 Å². The predicted octanol–water partition coefficient (Wildman–Crippen LogP) is 2.98. The van der Waals surface area contributed by atoms with Crippen LogP contribution in [-0.2, 0) is 22.7 Å². The molecule has 0 spiro atoms. The van der Waals surface area contributed by atoms with E-state index in [1.54, 1.807) is 19.1 Å². The molecule has 0 aliphatic carbocycles. The van der Waals surface area contributed by atoms with E-state index in [9.17, 15) is 4.79 Å². The molecule has 4 heteroatoms. The summed E-state index contributed by atoms with van der Waals surface area (Å²) in [6.07, 6.45) is 1.51. The van der Waals surface area contributed by atoms with E-state index in [4.69, 9.17) is 9.47 Å². The minimum Gasteiger partial charge on any atom is -0.462 e. The molecule has 104 valence electrons. The molecule has 0 fully saturated rings. The zero-order chi connectivity index (χ0) is 14.2. The van der Waals surface area contributed by atoms with E-state index in [-0.39, 0.29) is 5.97 Å². The summed E-state index contributed by atoms with van der Waals surface area (Å²) in [5, 5.41) is 0. The van der Waals surface area contributed by atoms with Crippen molar-refractivity contribution in [2.24, 2.45) is 0 Å². The molecule has 2 aromatic rings. The van der Waals surface area contributed by atoms with Gasteiger partial charge in [0.15, 0.2) is 0 Å². The number of hydrogen-bond donors (Lipinski definition) is 0. The Balaban J connectivity index is 1.83. The number of hydrogen-bond acceptors (Lipinski definition) is 4. The molecule has 0 amide bonds. The van der Waals surface area contributed by atoms with Gasteiger partial charge < -0.3 is 9.47 Å². The SMILES string of the molecule is CCOC(=O)c1ccc(COCc2ccccc2)nc1. The van der Waals surface area contributed by atoms with Crippen molar-refractivity contribution in [2.45, 2.75) is 20.1 Å². The Bertz CT molecular complexity index is 537. The highest BCUT2D eigenvalue weighted by atomic mass is 16.5. The molecular weight excluding hydrogens is 254 g/mol. The first-order valence-corrected chi connectivity index (χ1v) is 6.53. The fourth-order valence-electron chi connectivity index (χ4n) is 1.69. The van der Waals surface area contributed by atoms with Gasteiger partial charge in [-0.2, -0.15) is 0 Å². The minimum atomic E-state index is -0.350. The topological polar surface area (TPSA) is 48.4 Å². The first-order valence-electron chi connectivity index (χ1n) is 6.53. The zero-order valence-corrected chi connectivity index (χ0v) is 11.4. The van der Waals surface area contributed by atoms with Crippen LogP contribution in [0.2, 0.25) is 0 Å². The molecule has 1 heterocycles. The molecule has 0 N–H and O–H groups in total. The van der Waals surface area contributed by atoms with Crippen molar-refractivity contribution in [3.8, 4) is 0 Å². The number of aromatic nitrogens is 1. The van der Waals surface area contributed by atoms with Crippen LogP contribution in [0.25, 0.3) is 0 Å². The average Bonchev–Trinajstić information content (AvgIpc) is 2.49. The molecule has 0 atom stereocenters. The van der Waals surface area contributed by atoms with E-state index in [1.165, 1.54) is 6.20 Å². The number of rotatable bonds is 6. The van der Waals surface area contributed by atoms with Crippen LogP contribution in [0.3, 0.4) is 0 Å². The lowest BCUT2D eigenvalue weighted by molar-refractivity contribution is 0.0525. The van der Waals surface area contributed by atoms with Crippen LogP contribution >= 0.6 is 0 Å². The van der Waals surface area contributed by atoms with Crippen LogP contribution < -0.4 is 0 Å². The zero-order valence-electron chi connectivity index (χ0n) is 11.4. The van der Waals surface area contributed by atoms with Crippen LogP contribution in [0.5, 0.6) is 0 Å². The highest BCUT2D eigenvalue weighted by molar-refractivity contribution is 5.88. The number of benzene rings is 1. The smallest absolute Gasteiger partial charge is 0.339 e. The first kappa shape index (κ1) is 14.2. The second-order valence-corrected chi connectivity index (χ2v) is 4.24. The molecule has 1 aromatic heterocycles. The number of pyridine rings is 1. The molecule has 0 unspecified atom stereocenters. The first-order chi connectivity index (χ1) is 9.79. The summed E-state index contributed by atoms with van der Waals surface area (Å²) in [6.45, 7) is 3.10. The van der Waals surface area contributed by atoms with Gasteiger partial charge in [0.1, 0.15) is 0 Å². The number of esters is 1. The third-order valence-corrected chi connectivity index (χ3v) is 2.70. The van der Waals surface area contributed by atoms with Crippen LogP contribution in [0.1, 0.15) is 28.5 Å². The average molecular weight is 271 g/mol. The Labute approximate surface area is 118 Å². The van der Waals surface area contributed by atoms with Crippen molar-refractivity contribution in [3.63, 3.8) is 0 Å². The maximum atomic E-state index is 11.5. The van der Waals surface area contributed by atoms with E-state index in [1.807, 2.05) is 30.3 Å². The Morgan fingerprint density at radius 1 is 1.10 bits per heavy atom. The monoisotopic (exact) mass is 271 g/mol. The summed E-state index contributed by atoms with van der Waals surface area (Å²) in [4.78, 5) is 15.6. The Kier molecular flexibility index (Phi) is 5.26. The largest absolute Gasteiger partial charge is 0.462 e. The van der Waals surface area contributed by atoms with Gasteiger partial charge in [0.25, 0.3) is 0 Å². The fraction of sp³-hybridized carbons (Fsp3) is 0.250. The van der Waals surface area contributed by atoms with E-state index in [0.29, 0.717) is 25.4 Å². The maximum Gasteiger partial charge on any atom is 0.339 e. The summed E-state index contributed by atoms with van der Waals surface area (Å²) < 4.78 is 10.5. The molecule has 0 saturated carbocycles. The van der Waals surface area contributed by atoms with Gasteiger partial charge in [0.2, 0.25) is 0 Å². The number of carbonyl (C=O) groups is 1. The molecule has 20 heavy (non-hydrogen) atoms. The van der Waals surface area contributed by atoms with Crippen LogP contribution in [-0.4, -0.2) is 17.6 Å². The lowest BCUT2D eigenvalue weighted by Crippen LogP contribution is -2.06. The molecule has 1 aromatic carbocycles. The molecule has 0 bridgehead atoms. The second-order valence-electron chi connectivity index (χ2n) is 4.24. The van der Waals surface area contributed by atoms with Gasteiger partial charge in [-0.05, 0) is 24.6 Å². The van der Waals surface area contributed by atoms with Crippen molar-refractivity contribution >= 4 is 5.97 Å². The van der Waals surface area contributed by atoms with Gasteiger partial charge in [0, 0.05) is 6.20 Å². The summed E-state index contributed by atoms with van der Waals surface area (Å²) in [5.74, 6) is -0.350. The third kappa shape index (κ3) is 4.17. The van der Waals surface area contributed by atoms with Gasteiger partial charge in [-0.3, -0.25) is 4.98 Å². The van der Waals surface area contributed by atoms with E-state index >= 15 is 0 Å². The molecule has 0 saturated heterocycles. The van der Waals surface area contributed by atoms with Crippen molar-refractivity contribution in [1.29, 1.82) is 0 Å². The Morgan fingerprint density at radius 3 is 2.55 bits per heavy atom. The number of carbonyl (C=O) groups excluding carboxylic acids is 1. The van der Waals surface area contributed by atoms with Crippen molar-refractivity contribution in [1.82, 2.24) is 4.98 Å². The minimum absolute atomic E-state index is 0.350. The van der Waals surface area contributed by atoms with Gasteiger partial charge in [-0.15, -0.1) is 0 Å². The Hall–Kier alpha value is -2.20. The summed E-state index contributed by atoms with van der Waals surface area (Å²) >= 11 is 0. The van der Waals surface area contributed by atoms with Crippen LogP contribution in [0.4, 0.5) is 0 Å². The molecule has 0 aliphatic heterocycles. The van der Waals surface area contributed by atoms with Crippen LogP contribution in [0.15, 0.2) is 48.7 Å². The normalized spacial score (nSPS) is 10.2. The van der Waals surface area contributed by atoms with E-state index in [2.05, 4.69) is 4.98 Å². The predicted molar refractivity (Wildman–Crippen MR) is 75.1 cm³/mol. The molecular formula is C16H17NO3. The fourth-order valence-corrected chi connectivity index (χ4v) is 1.69. The van der Waals surface area contributed by atoms with Crippen molar-refractivity contribution < 1.29 is 14.3 Å². The second kappa shape index (κ2) is 7.40. The number of nitrogens with zero attached hydrogens (tertiary/aromatic N) is 1. The van der Waals surface area contributed by atoms with E-state index in [0.717, 1.165) is 11.3 Å². The van der Waals surface area contributed by atoms with Crippen molar-refractivity contribution in [2.75, 3.05) is 6.61 Å². The summed E-state index contributed by atoms with van der Waals surface area (Å²) in [7, 11) is 0. The quantitative estimate of drug-likeness (QED) is 0.758. The maximum absolute atomic E-state index is 11.5. The van der Waals surface area contributed by atoms with E-state index < -0.39 is 0 Å². The van der Waals surface area contributed by atoms with Gasteiger partial charge in [0.05, 0.1) is 31.1 Å². The highest BCUT2D eigenvalue weighted by Crippen LogP contribution is 2.06. The van der Waals surface area contributed by atoms with Crippen molar-refractivity contribution in [3.05, 3.63) is 65.5 Å².